The maximum absolute atomic E-state index is 13.9. The maximum atomic E-state index is 13.9. The van der Waals surface area contributed by atoms with Crippen LogP contribution in [0.2, 0.25) is 0 Å². The van der Waals surface area contributed by atoms with E-state index in [0.29, 0.717) is 41.4 Å². The van der Waals surface area contributed by atoms with Crippen molar-refractivity contribution in [3.8, 4) is 11.3 Å². The molecule has 0 radical (unpaired) electrons. The fraction of sp³-hybridized carbons (Fsp3) is 0.292. The molecule has 0 bridgehead atoms. The molecule has 6 nitrogen and oxygen atoms in total. The van der Waals surface area contributed by atoms with Crippen LogP contribution in [-0.2, 0) is 13.5 Å². The Balaban J connectivity index is 1.55. The third-order valence-corrected chi connectivity index (χ3v) is 6.30. The van der Waals surface area contributed by atoms with Crippen molar-refractivity contribution in [3.05, 3.63) is 76.1 Å². The number of benzene rings is 1. The molecular weight excluding hydrogens is 431 g/mol. The van der Waals surface area contributed by atoms with Crippen LogP contribution in [0.25, 0.3) is 16.9 Å². The molecule has 4 aromatic rings. The second kappa shape index (κ2) is 7.47. The summed E-state index contributed by atoms with van der Waals surface area (Å²) in [5.41, 5.74) is 5.03. The summed E-state index contributed by atoms with van der Waals surface area (Å²) in [5.74, 6) is -4.16. The highest BCUT2D eigenvalue weighted by Crippen LogP contribution is 2.37. The van der Waals surface area contributed by atoms with Gasteiger partial charge in [-0.1, -0.05) is 6.07 Å². The van der Waals surface area contributed by atoms with Crippen molar-refractivity contribution in [2.45, 2.75) is 33.2 Å². The van der Waals surface area contributed by atoms with Crippen molar-refractivity contribution in [1.82, 2.24) is 24.1 Å². The quantitative estimate of drug-likeness (QED) is 0.419. The summed E-state index contributed by atoms with van der Waals surface area (Å²) in [6, 6.07) is 5.40. The van der Waals surface area contributed by atoms with Gasteiger partial charge >= 0.3 is 0 Å². The second-order valence-electron chi connectivity index (χ2n) is 8.49. The molecule has 1 aliphatic heterocycles. The number of rotatable bonds is 2. The molecule has 1 aromatic carbocycles. The summed E-state index contributed by atoms with van der Waals surface area (Å²) >= 11 is 0. The minimum atomic E-state index is -1.50. The van der Waals surface area contributed by atoms with Crippen LogP contribution in [0.15, 0.2) is 30.5 Å². The van der Waals surface area contributed by atoms with E-state index in [1.165, 1.54) is 4.68 Å². The zero-order valence-corrected chi connectivity index (χ0v) is 18.7. The standard InChI is InChI=1S/C24H22F3N5O/c1-12-5-6-19-28-13(2)22(32(19)11-12)24(33)31-8-7-16-21(14(31)3)29-30(4)23(16)15-9-17(25)20(27)18(26)10-15/h5-6,9-11,14H,7-8H2,1-4H3/t14-/m0/s1. The Morgan fingerprint density at radius 3 is 2.52 bits per heavy atom. The first-order valence-corrected chi connectivity index (χ1v) is 10.6. The van der Waals surface area contributed by atoms with Crippen molar-refractivity contribution in [1.29, 1.82) is 0 Å². The van der Waals surface area contributed by atoms with Crippen LogP contribution >= 0.6 is 0 Å². The van der Waals surface area contributed by atoms with Crippen LogP contribution in [0.1, 0.15) is 46.0 Å². The van der Waals surface area contributed by atoms with Crippen molar-refractivity contribution >= 4 is 11.6 Å². The van der Waals surface area contributed by atoms with Gasteiger partial charge in [-0.15, -0.1) is 0 Å². The van der Waals surface area contributed by atoms with E-state index in [9.17, 15) is 18.0 Å². The predicted molar refractivity (Wildman–Crippen MR) is 116 cm³/mol. The number of pyridine rings is 1. The molecule has 3 aromatic heterocycles. The lowest BCUT2D eigenvalue weighted by Gasteiger charge is -2.33. The highest BCUT2D eigenvalue weighted by molar-refractivity contribution is 5.95. The zero-order chi connectivity index (χ0) is 23.6. The second-order valence-corrected chi connectivity index (χ2v) is 8.49. The largest absolute Gasteiger partial charge is 0.329 e. The lowest BCUT2D eigenvalue weighted by Crippen LogP contribution is -2.39. The van der Waals surface area contributed by atoms with Crippen LogP contribution < -0.4 is 0 Å². The molecule has 33 heavy (non-hydrogen) atoms. The molecule has 1 atom stereocenters. The summed E-state index contributed by atoms with van der Waals surface area (Å²) in [7, 11) is 1.67. The number of nitrogens with zero attached hydrogens (tertiary/aromatic N) is 5. The predicted octanol–water partition coefficient (Wildman–Crippen LogP) is 4.53. The molecule has 0 aliphatic carbocycles. The number of fused-ring (bicyclic) bond motifs is 2. The van der Waals surface area contributed by atoms with Crippen molar-refractivity contribution in [3.63, 3.8) is 0 Å². The molecule has 170 valence electrons. The lowest BCUT2D eigenvalue weighted by atomic mass is 9.95. The molecule has 1 amide bonds. The molecular formula is C24H22F3N5O. The first-order valence-electron chi connectivity index (χ1n) is 10.6. The van der Waals surface area contributed by atoms with Crippen molar-refractivity contribution in [2.24, 2.45) is 7.05 Å². The molecule has 5 rings (SSSR count). The number of imidazole rings is 1. The van der Waals surface area contributed by atoms with Crippen LogP contribution in [0.5, 0.6) is 0 Å². The van der Waals surface area contributed by atoms with E-state index in [1.807, 2.05) is 43.5 Å². The van der Waals surface area contributed by atoms with E-state index in [2.05, 4.69) is 10.1 Å². The lowest BCUT2D eigenvalue weighted by molar-refractivity contribution is 0.0665. The van der Waals surface area contributed by atoms with E-state index < -0.39 is 17.5 Å². The number of halogens is 3. The van der Waals surface area contributed by atoms with Gasteiger partial charge in [-0.2, -0.15) is 5.10 Å². The minimum absolute atomic E-state index is 0.158. The average Bonchev–Trinajstić information content (AvgIpc) is 3.27. The summed E-state index contributed by atoms with van der Waals surface area (Å²) in [5, 5.41) is 4.56. The van der Waals surface area contributed by atoms with E-state index in [4.69, 9.17) is 0 Å². The van der Waals surface area contributed by atoms with E-state index >= 15 is 0 Å². The van der Waals surface area contributed by atoms with Gasteiger partial charge in [0, 0.05) is 30.9 Å². The highest BCUT2D eigenvalue weighted by atomic mass is 19.2. The van der Waals surface area contributed by atoms with Gasteiger partial charge < -0.3 is 4.90 Å². The van der Waals surface area contributed by atoms with E-state index in [0.717, 1.165) is 23.3 Å². The molecule has 0 spiro atoms. The van der Waals surface area contributed by atoms with E-state index in [1.54, 1.807) is 11.9 Å². The Morgan fingerprint density at radius 2 is 1.82 bits per heavy atom. The Hall–Kier alpha value is -3.62. The number of carbonyl (C=O) groups is 1. The highest BCUT2D eigenvalue weighted by Gasteiger charge is 2.35. The van der Waals surface area contributed by atoms with Crippen LogP contribution in [0.3, 0.4) is 0 Å². The SMILES string of the molecule is Cc1ccc2nc(C)c(C(=O)N3CCc4c(nn(C)c4-c4cc(F)c(F)c(F)c4)[C@@H]3C)n2c1. The Morgan fingerprint density at radius 1 is 1.12 bits per heavy atom. The molecule has 0 N–H and O–H groups in total. The number of hydrogen-bond acceptors (Lipinski definition) is 3. The van der Waals surface area contributed by atoms with Gasteiger partial charge in [0.2, 0.25) is 0 Å². The molecule has 9 heteroatoms. The fourth-order valence-corrected chi connectivity index (χ4v) is 4.74. The first kappa shape index (κ1) is 21.2. The Bertz CT molecular complexity index is 1410. The smallest absolute Gasteiger partial charge is 0.273 e. The fourth-order valence-electron chi connectivity index (χ4n) is 4.74. The van der Waals surface area contributed by atoms with Crippen LogP contribution in [0.4, 0.5) is 13.2 Å². The van der Waals surface area contributed by atoms with Gasteiger partial charge in [0.15, 0.2) is 17.5 Å². The average molecular weight is 453 g/mol. The minimum Gasteiger partial charge on any atom is -0.329 e. The monoisotopic (exact) mass is 453 g/mol. The topological polar surface area (TPSA) is 55.4 Å². The molecule has 0 saturated carbocycles. The molecule has 0 saturated heterocycles. The molecule has 4 heterocycles. The summed E-state index contributed by atoms with van der Waals surface area (Å²) < 4.78 is 44.6. The normalized spacial score (nSPS) is 15.8. The van der Waals surface area contributed by atoms with Crippen LogP contribution in [0, 0.1) is 31.3 Å². The molecule has 0 fully saturated rings. The third-order valence-electron chi connectivity index (χ3n) is 6.30. The summed E-state index contributed by atoms with van der Waals surface area (Å²) in [6.45, 7) is 6.04. The van der Waals surface area contributed by atoms with Crippen molar-refractivity contribution < 1.29 is 18.0 Å². The van der Waals surface area contributed by atoms with E-state index in [-0.39, 0.29) is 17.5 Å². The Kier molecular flexibility index (Phi) is 4.81. The number of aromatic nitrogens is 4. The van der Waals surface area contributed by atoms with Crippen molar-refractivity contribution in [2.75, 3.05) is 6.54 Å². The molecule has 1 aliphatic rings. The van der Waals surface area contributed by atoms with Gasteiger partial charge in [-0.3, -0.25) is 13.9 Å². The number of amides is 1. The summed E-state index contributed by atoms with van der Waals surface area (Å²) in [6.07, 6.45) is 2.34. The van der Waals surface area contributed by atoms with Gasteiger partial charge in [0.1, 0.15) is 11.3 Å². The molecule has 0 unspecified atom stereocenters. The number of aryl methyl sites for hydroxylation is 3. The Labute approximate surface area is 188 Å². The van der Waals surface area contributed by atoms with Gasteiger partial charge in [-0.25, -0.2) is 18.2 Å². The van der Waals surface area contributed by atoms with Gasteiger partial charge in [-0.05, 0) is 51.0 Å². The zero-order valence-electron chi connectivity index (χ0n) is 18.7. The van der Waals surface area contributed by atoms with Gasteiger partial charge in [0.05, 0.1) is 23.1 Å². The number of hydrogen-bond donors (Lipinski definition) is 0. The maximum Gasteiger partial charge on any atom is 0.273 e. The van der Waals surface area contributed by atoms with Gasteiger partial charge in [0.25, 0.3) is 5.91 Å². The third kappa shape index (κ3) is 3.21. The van der Waals surface area contributed by atoms with Crippen LogP contribution in [-0.4, -0.2) is 36.5 Å². The summed E-state index contributed by atoms with van der Waals surface area (Å²) in [4.78, 5) is 19.9. The number of carbonyl (C=O) groups excluding carboxylic acids is 1. The first-order chi connectivity index (χ1) is 15.7.